The van der Waals surface area contributed by atoms with Crippen molar-refractivity contribution in [3.8, 4) is 0 Å². The molecule has 2 atom stereocenters. The largest absolute Gasteiger partial charge is 0.293 e. The first-order chi connectivity index (χ1) is 12.9. The summed E-state index contributed by atoms with van der Waals surface area (Å²) in [6.45, 7) is 1.35. The van der Waals surface area contributed by atoms with Crippen LogP contribution in [0.15, 0.2) is 58.1 Å². The van der Waals surface area contributed by atoms with Crippen LogP contribution in [0.4, 0.5) is 11.4 Å². The van der Waals surface area contributed by atoms with Crippen LogP contribution in [0.1, 0.15) is 6.92 Å². The van der Waals surface area contributed by atoms with Gasteiger partial charge in [-0.3, -0.25) is 19.4 Å². The van der Waals surface area contributed by atoms with Crippen LogP contribution in [-0.2, 0) is 14.4 Å². The summed E-state index contributed by atoms with van der Waals surface area (Å²) in [7, 11) is 0. The highest BCUT2D eigenvalue weighted by molar-refractivity contribution is 9.10. The first kappa shape index (κ1) is 17.9. The molecule has 6 nitrogen and oxygen atoms in total. The second kappa shape index (κ2) is 6.58. The Bertz CT molecular complexity index is 988. The lowest BCUT2D eigenvalue weighted by Crippen LogP contribution is -2.39. The molecule has 1 saturated heterocycles. The molecule has 4 rings (SSSR count). The van der Waals surface area contributed by atoms with E-state index in [-0.39, 0.29) is 11.5 Å². The van der Waals surface area contributed by atoms with E-state index in [1.165, 1.54) is 11.9 Å². The van der Waals surface area contributed by atoms with Crippen molar-refractivity contribution in [1.82, 2.24) is 0 Å². The molecule has 2 aromatic carbocycles. The summed E-state index contributed by atoms with van der Waals surface area (Å²) in [4.78, 5) is 39.4. The van der Waals surface area contributed by atoms with Crippen LogP contribution in [0.2, 0.25) is 5.02 Å². The maximum absolute atomic E-state index is 13.1. The molecular formula is C19H13BrClN3O3. The molecule has 0 bridgehead atoms. The lowest BCUT2D eigenvalue weighted by atomic mass is 9.95. The molecule has 2 heterocycles. The van der Waals surface area contributed by atoms with E-state index in [9.17, 15) is 14.4 Å². The van der Waals surface area contributed by atoms with Gasteiger partial charge in [-0.05, 0) is 48.5 Å². The van der Waals surface area contributed by atoms with Gasteiger partial charge in [0.25, 0.3) is 5.91 Å². The number of benzene rings is 2. The molecule has 136 valence electrons. The van der Waals surface area contributed by atoms with Crippen molar-refractivity contribution in [3.63, 3.8) is 0 Å². The molecule has 0 radical (unpaired) electrons. The molecule has 2 aliphatic heterocycles. The number of amides is 2. The van der Waals surface area contributed by atoms with Gasteiger partial charge in [0.1, 0.15) is 17.7 Å². The van der Waals surface area contributed by atoms with Crippen molar-refractivity contribution in [3.05, 3.63) is 58.0 Å². The molecule has 27 heavy (non-hydrogen) atoms. The first-order valence-electron chi connectivity index (χ1n) is 8.16. The Morgan fingerprint density at radius 3 is 2.19 bits per heavy atom. The summed E-state index contributed by atoms with van der Waals surface area (Å²) in [5.74, 6) is -2.12. The molecule has 2 amide bonds. The Hall–Kier alpha value is -2.51. The Kier molecular flexibility index (Phi) is 4.36. The minimum Gasteiger partial charge on any atom is -0.293 e. The number of carbonyl (C=O) groups is 3. The number of fused-ring (bicyclic) bond motifs is 1. The summed E-state index contributed by atoms with van der Waals surface area (Å²) in [5, 5.41) is 6.28. The van der Waals surface area contributed by atoms with Crippen LogP contribution in [0, 0.1) is 5.92 Å². The van der Waals surface area contributed by atoms with E-state index >= 15 is 0 Å². The average Bonchev–Trinajstić information content (AvgIpc) is 3.15. The smallest absolute Gasteiger partial charge is 0.259 e. The molecule has 2 aromatic rings. The maximum Gasteiger partial charge on any atom is 0.259 e. The third-order valence-corrected chi connectivity index (χ3v) is 5.37. The number of hydrogen-bond acceptors (Lipinski definition) is 5. The van der Waals surface area contributed by atoms with Crippen LogP contribution in [0.5, 0.6) is 0 Å². The van der Waals surface area contributed by atoms with E-state index in [1.54, 1.807) is 48.5 Å². The number of halogens is 2. The zero-order chi connectivity index (χ0) is 19.3. The van der Waals surface area contributed by atoms with Gasteiger partial charge in [-0.1, -0.05) is 27.5 Å². The molecule has 0 aromatic heterocycles. The normalized spacial score (nSPS) is 21.5. The van der Waals surface area contributed by atoms with E-state index in [2.05, 4.69) is 21.0 Å². The number of imide groups is 1. The van der Waals surface area contributed by atoms with Gasteiger partial charge in [-0.25, -0.2) is 4.90 Å². The molecule has 8 heteroatoms. The molecule has 0 unspecified atom stereocenters. The summed E-state index contributed by atoms with van der Waals surface area (Å²) in [6, 6.07) is 12.7. The number of nitrogens with zero attached hydrogens (tertiary/aromatic N) is 3. The van der Waals surface area contributed by atoms with Crippen LogP contribution in [0.25, 0.3) is 0 Å². The fraction of sp³-hybridized carbons (Fsp3) is 0.158. The standard InChI is InChI=1S/C19H13BrClN3O3/c1-10(25)16-15-17(24(22-16)14-8-4-12(21)5-9-14)19(27)23(18(15)26)13-6-2-11(20)3-7-13/h2-9,15,17H,1H3/t15-,17-/m0/s1. The number of hydrazone groups is 1. The topological polar surface area (TPSA) is 70.1 Å². The second-order valence-electron chi connectivity index (χ2n) is 6.27. The Labute approximate surface area is 168 Å². The Morgan fingerprint density at radius 2 is 1.59 bits per heavy atom. The lowest BCUT2D eigenvalue weighted by molar-refractivity contribution is -0.122. The van der Waals surface area contributed by atoms with Gasteiger partial charge in [-0.15, -0.1) is 0 Å². The predicted octanol–water partition coefficient (Wildman–Crippen LogP) is 3.43. The van der Waals surface area contributed by atoms with E-state index in [0.717, 1.165) is 9.37 Å². The van der Waals surface area contributed by atoms with Crippen molar-refractivity contribution >= 4 is 62.2 Å². The molecule has 0 N–H and O–H groups in total. The SMILES string of the molecule is CC(=O)C1=NN(c2ccc(Cl)cc2)[C@@H]2C(=O)N(c3ccc(Br)cc3)C(=O)[C@@H]12. The number of carbonyl (C=O) groups excluding carboxylic acids is 3. The zero-order valence-electron chi connectivity index (χ0n) is 14.1. The number of rotatable bonds is 3. The van der Waals surface area contributed by atoms with Gasteiger partial charge in [0, 0.05) is 16.4 Å². The number of anilines is 2. The van der Waals surface area contributed by atoms with E-state index < -0.39 is 23.8 Å². The first-order valence-corrected chi connectivity index (χ1v) is 9.33. The van der Waals surface area contributed by atoms with E-state index in [1.807, 2.05) is 0 Å². The zero-order valence-corrected chi connectivity index (χ0v) is 16.4. The van der Waals surface area contributed by atoms with E-state index in [4.69, 9.17) is 11.6 Å². The quantitative estimate of drug-likeness (QED) is 0.678. The predicted molar refractivity (Wildman–Crippen MR) is 106 cm³/mol. The highest BCUT2D eigenvalue weighted by Gasteiger charge is 2.58. The highest BCUT2D eigenvalue weighted by atomic mass is 79.9. The van der Waals surface area contributed by atoms with Crippen LogP contribution < -0.4 is 9.91 Å². The van der Waals surface area contributed by atoms with Crippen LogP contribution in [0.3, 0.4) is 0 Å². The van der Waals surface area contributed by atoms with Crippen molar-refractivity contribution in [2.24, 2.45) is 11.0 Å². The number of ketones is 1. The van der Waals surface area contributed by atoms with Crippen LogP contribution in [-0.4, -0.2) is 29.4 Å². The van der Waals surface area contributed by atoms with Crippen LogP contribution >= 0.6 is 27.5 Å². The number of hydrogen-bond donors (Lipinski definition) is 0. The minimum absolute atomic E-state index is 0.0907. The molecule has 0 spiro atoms. The lowest BCUT2D eigenvalue weighted by Gasteiger charge is -2.22. The van der Waals surface area contributed by atoms with Gasteiger partial charge < -0.3 is 0 Å². The van der Waals surface area contributed by atoms with Crippen molar-refractivity contribution in [2.75, 3.05) is 9.91 Å². The fourth-order valence-corrected chi connectivity index (χ4v) is 3.75. The fourth-order valence-electron chi connectivity index (χ4n) is 3.36. The second-order valence-corrected chi connectivity index (χ2v) is 7.63. The Balaban J connectivity index is 1.79. The van der Waals surface area contributed by atoms with Gasteiger partial charge >= 0.3 is 0 Å². The van der Waals surface area contributed by atoms with Crippen molar-refractivity contribution in [2.45, 2.75) is 13.0 Å². The summed E-state index contributed by atoms with van der Waals surface area (Å²) < 4.78 is 0.833. The average molecular weight is 447 g/mol. The molecule has 1 fully saturated rings. The molecule has 2 aliphatic rings. The van der Waals surface area contributed by atoms with Gasteiger partial charge in [0.2, 0.25) is 5.91 Å². The van der Waals surface area contributed by atoms with E-state index in [0.29, 0.717) is 16.4 Å². The van der Waals surface area contributed by atoms with Gasteiger partial charge in [-0.2, -0.15) is 5.10 Å². The molecule has 0 aliphatic carbocycles. The summed E-state index contributed by atoms with van der Waals surface area (Å²) in [6.07, 6.45) is 0. The summed E-state index contributed by atoms with van der Waals surface area (Å²) >= 11 is 9.27. The monoisotopic (exact) mass is 445 g/mol. The third-order valence-electron chi connectivity index (χ3n) is 4.59. The highest BCUT2D eigenvalue weighted by Crippen LogP contribution is 2.38. The van der Waals surface area contributed by atoms with Crippen molar-refractivity contribution < 1.29 is 14.4 Å². The number of Topliss-reactive ketones (excluding diaryl/α,β-unsaturated/α-hetero) is 1. The minimum atomic E-state index is -0.922. The third kappa shape index (κ3) is 2.87. The molecular weight excluding hydrogens is 434 g/mol. The Morgan fingerprint density at radius 1 is 1.00 bits per heavy atom. The van der Waals surface area contributed by atoms with Gasteiger partial charge in [0.15, 0.2) is 5.78 Å². The molecule has 0 saturated carbocycles. The summed E-state index contributed by atoms with van der Waals surface area (Å²) in [5.41, 5.74) is 1.14. The van der Waals surface area contributed by atoms with Crippen molar-refractivity contribution in [1.29, 1.82) is 0 Å². The maximum atomic E-state index is 13.1. The van der Waals surface area contributed by atoms with Gasteiger partial charge in [0.05, 0.1) is 11.4 Å².